The zero-order valence-electron chi connectivity index (χ0n) is 10.5. The number of pyridine rings is 1. The Labute approximate surface area is 116 Å². The molecule has 0 fully saturated rings. The molecule has 0 saturated carbocycles. The highest BCUT2D eigenvalue weighted by atomic mass is 79.9. The lowest BCUT2D eigenvalue weighted by atomic mass is 10.1. The number of nitrogens with zero attached hydrogens (tertiary/aromatic N) is 2. The van der Waals surface area contributed by atoms with Crippen LogP contribution in [0.3, 0.4) is 0 Å². The third kappa shape index (κ3) is 3.20. The molecule has 2 rings (SSSR count). The first-order valence-electron chi connectivity index (χ1n) is 5.73. The first kappa shape index (κ1) is 12.8. The van der Waals surface area contributed by atoms with Crippen molar-refractivity contribution in [3.8, 4) is 0 Å². The second kappa shape index (κ2) is 5.83. The van der Waals surface area contributed by atoms with E-state index in [1.165, 1.54) is 11.3 Å². The number of rotatable bonds is 3. The Morgan fingerprint density at radius 3 is 2.39 bits per heavy atom. The Morgan fingerprint density at radius 1 is 1.06 bits per heavy atom. The first-order chi connectivity index (χ1) is 8.66. The third-order valence-electron chi connectivity index (χ3n) is 2.65. The Balaban J connectivity index is 2.17. The highest BCUT2D eigenvalue weighted by Gasteiger charge is 1.96. The van der Waals surface area contributed by atoms with Gasteiger partial charge in [-0.25, -0.2) is 4.98 Å². The number of aromatic nitrogens is 1. The molecule has 0 radical (unpaired) electrons. The van der Waals surface area contributed by atoms with Crippen LogP contribution in [0.5, 0.6) is 0 Å². The Kier molecular flexibility index (Phi) is 4.15. The molecular formula is C15H15BrN2. The van der Waals surface area contributed by atoms with E-state index in [2.05, 4.69) is 62.2 Å². The van der Waals surface area contributed by atoms with Crippen LogP contribution in [-0.2, 0) is 0 Å². The van der Waals surface area contributed by atoms with Gasteiger partial charge in [0.25, 0.3) is 0 Å². The maximum absolute atomic E-state index is 4.19. The Hall–Kier alpha value is -1.61. The minimum Gasteiger partial charge on any atom is -0.378 e. The molecule has 3 heteroatoms. The molecule has 2 nitrogen and oxygen atoms in total. The number of anilines is 1. The van der Waals surface area contributed by atoms with Crippen LogP contribution in [0.15, 0.2) is 47.2 Å². The van der Waals surface area contributed by atoms with Crippen LogP contribution in [-0.4, -0.2) is 19.1 Å². The minimum atomic E-state index is 0.867. The van der Waals surface area contributed by atoms with Gasteiger partial charge in [-0.15, -0.1) is 0 Å². The summed E-state index contributed by atoms with van der Waals surface area (Å²) in [5.74, 6) is 0. The fourth-order valence-corrected chi connectivity index (χ4v) is 1.97. The van der Waals surface area contributed by atoms with Gasteiger partial charge in [0, 0.05) is 31.5 Å². The van der Waals surface area contributed by atoms with Crippen LogP contribution in [0.4, 0.5) is 5.69 Å². The number of halogens is 1. The van der Waals surface area contributed by atoms with Crippen molar-refractivity contribution >= 4 is 33.8 Å². The molecule has 0 amide bonds. The second-order valence-corrected chi connectivity index (χ2v) is 4.95. The molecule has 1 aromatic heterocycles. The standard InChI is InChI=1S/C15H15BrN2/c1-18(2)14-9-6-12(7-10-14)5-8-13-4-3-11-17-15(13)16/h3-11H,1-2H3/b8-5+. The lowest BCUT2D eigenvalue weighted by Gasteiger charge is -2.11. The van der Waals surface area contributed by atoms with Crippen molar-refractivity contribution < 1.29 is 0 Å². The van der Waals surface area contributed by atoms with Crippen molar-refractivity contribution in [2.24, 2.45) is 0 Å². The summed E-state index contributed by atoms with van der Waals surface area (Å²) >= 11 is 3.43. The van der Waals surface area contributed by atoms with E-state index in [0.717, 1.165) is 10.2 Å². The van der Waals surface area contributed by atoms with E-state index in [1.54, 1.807) is 6.20 Å². The molecule has 0 aliphatic rings. The summed E-state index contributed by atoms with van der Waals surface area (Å²) in [5, 5.41) is 0. The molecule has 18 heavy (non-hydrogen) atoms. The molecular weight excluding hydrogens is 288 g/mol. The van der Waals surface area contributed by atoms with Gasteiger partial charge in [0.2, 0.25) is 0 Å². The van der Waals surface area contributed by atoms with Gasteiger partial charge < -0.3 is 4.90 Å². The molecule has 0 aliphatic carbocycles. The van der Waals surface area contributed by atoms with Crippen molar-refractivity contribution in [2.45, 2.75) is 0 Å². The quantitative estimate of drug-likeness (QED) is 0.794. The molecule has 0 atom stereocenters. The predicted molar refractivity (Wildman–Crippen MR) is 81.6 cm³/mol. The van der Waals surface area contributed by atoms with Crippen LogP contribution >= 0.6 is 15.9 Å². The van der Waals surface area contributed by atoms with Gasteiger partial charge >= 0.3 is 0 Å². The average molecular weight is 303 g/mol. The van der Waals surface area contributed by atoms with Gasteiger partial charge in [-0.3, -0.25) is 0 Å². The van der Waals surface area contributed by atoms with E-state index in [-0.39, 0.29) is 0 Å². The Bertz CT molecular complexity index is 545. The van der Waals surface area contributed by atoms with Crippen molar-refractivity contribution in [2.75, 3.05) is 19.0 Å². The topological polar surface area (TPSA) is 16.1 Å². The monoisotopic (exact) mass is 302 g/mol. The highest BCUT2D eigenvalue weighted by molar-refractivity contribution is 9.10. The molecule has 0 N–H and O–H groups in total. The normalized spacial score (nSPS) is 10.8. The van der Waals surface area contributed by atoms with E-state index in [0.29, 0.717) is 0 Å². The third-order valence-corrected chi connectivity index (χ3v) is 3.32. The summed E-state index contributed by atoms with van der Waals surface area (Å²) < 4.78 is 0.867. The van der Waals surface area contributed by atoms with Gasteiger partial charge in [0.05, 0.1) is 0 Å². The van der Waals surface area contributed by atoms with E-state index >= 15 is 0 Å². The number of benzene rings is 1. The molecule has 0 unspecified atom stereocenters. The molecule has 1 aromatic carbocycles. The molecule has 2 aromatic rings. The molecule has 1 heterocycles. The highest BCUT2D eigenvalue weighted by Crippen LogP contribution is 2.17. The maximum Gasteiger partial charge on any atom is 0.113 e. The zero-order chi connectivity index (χ0) is 13.0. The van der Waals surface area contributed by atoms with E-state index in [1.807, 2.05) is 26.2 Å². The number of hydrogen-bond donors (Lipinski definition) is 0. The summed E-state index contributed by atoms with van der Waals surface area (Å²) in [6.07, 6.45) is 5.91. The number of hydrogen-bond acceptors (Lipinski definition) is 2. The van der Waals surface area contributed by atoms with Crippen LogP contribution in [0, 0.1) is 0 Å². The first-order valence-corrected chi connectivity index (χ1v) is 6.52. The van der Waals surface area contributed by atoms with Gasteiger partial charge in [0.15, 0.2) is 0 Å². The molecule has 0 aliphatic heterocycles. The van der Waals surface area contributed by atoms with Crippen molar-refractivity contribution in [3.05, 3.63) is 58.3 Å². The largest absolute Gasteiger partial charge is 0.378 e. The molecule has 0 spiro atoms. The Morgan fingerprint density at radius 2 is 1.78 bits per heavy atom. The van der Waals surface area contributed by atoms with Crippen LogP contribution < -0.4 is 4.90 Å². The van der Waals surface area contributed by atoms with Crippen LogP contribution in [0.1, 0.15) is 11.1 Å². The van der Waals surface area contributed by atoms with Crippen molar-refractivity contribution in [3.63, 3.8) is 0 Å². The van der Waals surface area contributed by atoms with Gasteiger partial charge in [-0.05, 0) is 39.7 Å². The fraction of sp³-hybridized carbons (Fsp3) is 0.133. The predicted octanol–water partition coefficient (Wildman–Crippen LogP) is 4.08. The zero-order valence-corrected chi connectivity index (χ0v) is 12.1. The van der Waals surface area contributed by atoms with E-state index < -0.39 is 0 Å². The fourth-order valence-electron chi connectivity index (χ4n) is 1.59. The molecule has 0 bridgehead atoms. The summed E-state index contributed by atoms with van der Waals surface area (Å²) in [4.78, 5) is 6.28. The summed E-state index contributed by atoms with van der Waals surface area (Å²) in [7, 11) is 4.08. The minimum absolute atomic E-state index is 0.867. The van der Waals surface area contributed by atoms with Gasteiger partial charge in [-0.2, -0.15) is 0 Å². The SMILES string of the molecule is CN(C)c1ccc(/C=C/c2cccnc2Br)cc1. The van der Waals surface area contributed by atoms with Crippen molar-refractivity contribution in [1.82, 2.24) is 4.98 Å². The van der Waals surface area contributed by atoms with Crippen LogP contribution in [0.25, 0.3) is 12.2 Å². The lowest BCUT2D eigenvalue weighted by molar-refractivity contribution is 1.13. The maximum atomic E-state index is 4.19. The molecule has 92 valence electrons. The van der Waals surface area contributed by atoms with Gasteiger partial charge in [0.1, 0.15) is 4.60 Å². The summed E-state index contributed by atoms with van der Waals surface area (Å²) in [6.45, 7) is 0. The average Bonchev–Trinajstić information content (AvgIpc) is 2.38. The van der Waals surface area contributed by atoms with Crippen molar-refractivity contribution in [1.29, 1.82) is 0 Å². The summed E-state index contributed by atoms with van der Waals surface area (Å²) in [6, 6.07) is 12.4. The molecule has 0 saturated heterocycles. The summed E-state index contributed by atoms with van der Waals surface area (Å²) in [5.41, 5.74) is 3.46. The lowest BCUT2D eigenvalue weighted by Crippen LogP contribution is -2.07. The van der Waals surface area contributed by atoms with E-state index in [9.17, 15) is 0 Å². The van der Waals surface area contributed by atoms with Crippen LogP contribution in [0.2, 0.25) is 0 Å². The second-order valence-electron chi connectivity index (χ2n) is 4.20. The van der Waals surface area contributed by atoms with Gasteiger partial charge in [-0.1, -0.05) is 30.4 Å². The van der Waals surface area contributed by atoms with E-state index in [4.69, 9.17) is 0 Å². The smallest absolute Gasteiger partial charge is 0.113 e.